The third-order valence-electron chi connectivity index (χ3n) is 2.73. The summed E-state index contributed by atoms with van der Waals surface area (Å²) in [5.41, 5.74) is 0.599. The maximum atomic E-state index is 12.1. The molecule has 0 aliphatic carbocycles. The van der Waals surface area contributed by atoms with Gasteiger partial charge in [-0.25, -0.2) is 0 Å². The fourth-order valence-corrected chi connectivity index (χ4v) is 2.36. The minimum atomic E-state index is -0.0217. The molecule has 0 atom stereocenters. The van der Waals surface area contributed by atoms with Crippen LogP contribution in [0.2, 0.25) is 0 Å². The Morgan fingerprint density at radius 1 is 1.28 bits per heavy atom. The van der Waals surface area contributed by atoms with Gasteiger partial charge in [-0.15, -0.1) is 11.3 Å². The summed E-state index contributed by atoms with van der Waals surface area (Å²) in [5.74, 6) is 0.152. The maximum absolute atomic E-state index is 12.1. The average molecular weight is 261 g/mol. The van der Waals surface area contributed by atoms with Gasteiger partial charge in [-0.2, -0.15) is 0 Å². The molecule has 0 fully saturated rings. The largest absolute Gasteiger partial charge is 0.508 e. The van der Waals surface area contributed by atoms with Crippen LogP contribution in [0, 0.1) is 0 Å². The first-order valence-electron chi connectivity index (χ1n) is 5.73. The molecule has 0 aliphatic rings. The second-order valence-corrected chi connectivity index (χ2v) is 5.14. The lowest BCUT2D eigenvalue weighted by atomic mass is 10.2. The van der Waals surface area contributed by atoms with Crippen LogP contribution in [-0.2, 0) is 6.42 Å². The molecule has 3 nitrogen and oxygen atoms in total. The first kappa shape index (κ1) is 12.6. The maximum Gasteiger partial charge on any atom is 0.253 e. The number of phenols is 1. The molecule has 1 heterocycles. The first-order chi connectivity index (χ1) is 8.66. The highest BCUT2D eigenvalue weighted by molar-refractivity contribution is 7.09. The number of benzene rings is 1. The minimum Gasteiger partial charge on any atom is -0.508 e. The molecule has 1 N–H and O–H groups in total. The highest BCUT2D eigenvalue weighted by atomic mass is 32.1. The summed E-state index contributed by atoms with van der Waals surface area (Å²) in [5, 5.41) is 11.2. The molecule has 94 valence electrons. The van der Waals surface area contributed by atoms with E-state index in [9.17, 15) is 9.90 Å². The number of amides is 1. The highest BCUT2D eigenvalue weighted by Crippen LogP contribution is 2.13. The summed E-state index contributed by atoms with van der Waals surface area (Å²) >= 11 is 1.70. The van der Waals surface area contributed by atoms with Crippen LogP contribution in [0.1, 0.15) is 15.2 Å². The topological polar surface area (TPSA) is 40.5 Å². The quantitative estimate of drug-likeness (QED) is 0.919. The second kappa shape index (κ2) is 5.69. The Hall–Kier alpha value is -1.81. The standard InChI is InChI=1S/C14H15NO2S/c1-15(9-8-13-3-2-10-18-13)14(17)11-4-6-12(16)7-5-11/h2-7,10,16H,8-9H2,1H3. The number of likely N-dealkylation sites (N-methyl/N-ethyl adjacent to an activating group) is 1. The zero-order valence-corrected chi connectivity index (χ0v) is 11.0. The Balaban J connectivity index is 1.94. The molecule has 1 aromatic carbocycles. The predicted molar refractivity (Wildman–Crippen MR) is 73.1 cm³/mol. The van der Waals surface area contributed by atoms with Gasteiger partial charge in [-0.1, -0.05) is 6.07 Å². The van der Waals surface area contributed by atoms with Crippen molar-refractivity contribution in [3.8, 4) is 5.75 Å². The van der Waals surface area contributed by atoms with Crippen molar-refractivity contribution in [3.63, 3.8) is 0 Å². The van der Waals surface area contributed by atoms with Crippen LogP contribution < -0.4 is 0 Å². The van der Waals surface area contributed by atoms with E-state index in [1.165, 1.54) is 17.0 Å². The molecule has 0 spiro atoms. The second-order valence-electron chi connectivity index (χ2n) is 4.10. The normalized spacial score (nSPS) is 10.3. The number of phenolic OH excluding ortho intramolecular Hbond substituents is 1. The predicted octanol–water partition coefficient (Wildman–Crippen LogP) is 2.77. The molecule has 18 heavy (non-hydrogen) atoms. The fourth-order valence-electron chi connectivity index (χ4n) is 1.66. The zero-order chi connectivity index (χ0) is 13.0. The van der Waals surface area contributed by atoms with Gasteiger partial charge in [0.05, 0.1) is 0 Å². The van der Waals surface area contributed by atoms with Gasteiger partial charge in [0.25, 0.3) is 5.91 Å². The number of carbonyl (C=O) groups excluding carboxylic acids is 1. The molecule has 1 amide bonds. The van der Waals surface area contributed by atoms with Crippen molar-refractivity contribution in [1.82, 2.24) is 4.90 Å². The molecule has 0 unspecified atom stereocenters. The first-order valence-corrected chi connectivity index (χ1v) is 6.61. The van der Waals surface area contributed by atoms with E-state index in [0.717, 1.165) is 6.42 Å². The molecule has 1 aromatic heterocycles. The van der Waals surface area contributed by atoms with Gasteiger partial charge in [0.2, 0.25) is 0 Å². The Morgan fingerprint density at radius 3 is 2.61 bits per heavy atom. The Kier molecular flexibility index (Phi) is 3.99. The third kappa shape index (κ3) is 3.11. The number of nitrogens with zero attached hydrogens (tertiary/aromatic N) is 1. The SMILES string of the molecule is CN(CCc1cccs1)C(=O)c1ccc(O)cc1. The number of hydrogen-bond donors (Lipinski definition) is 1. The van der Waals surface area contributed by atoms with E-state index in [-0.39, 0.29) is 11.7 Å². The molecular weight excluding hydrogens is 246 g/mol. The van der Waals surface area contributed by atoms with Gasteiger partial charge < -0.3 is 10.0 Å². The van der Waals surface area contributed by atoms with Gasteiger partial charge in [-0.3, -0.25) is 4.79 Å². The van der Waals surface area contributed by atoms with Crippen molar-refractivity contribution in [2.45, 2.75) is 6.42 Å². The summed E-state index contributed by atoms with van der Waals surface area (Å²) in [7, 11) is 1.79. The third-order valence-corrected chi connectivity index (χ3v) is 3.67. The highest BCUT2D eigenvalue weighted by Gasteiger charge is 2.11. The zero-order valence-electron chi connectivity index (χ0n) is 10.2. The summed E-state index contributed by atoms with van der Waals surface area (Å²) in [6.45, 7) is 0.695. The van der Waals surface area contributed by atoms with Crippen LogP contribution >= 0.6 is 11.3 Å². The smallest absolute Gasteiger partial charge is 0.253 e. The van der Waals surface area contributed by atoms with E-state index in [4.69, 9.17) is 0 Å². The van der Waals surface area contributed by atoms with Gasteiger partial charge in [0.1, 0.15) is 5.75 Å². The average Bonchev–Trinajstić information content (AvgIpc) is 2.89. The molecule has 0 aliphatic heterocycles. The van der Waals surface area contributed by atoms with Crippen molar-refractivity contribution in [1.29, 1.82) is 0 Å². The van der Waals surface area contributed by atoms with Crippen molar-refractivity contribution in [3.05, 3.63) is 52.2 Å². The van der Waals surface area contributed by atoms with Crippen LogP contribution in [0.15, 0.2) is 41.8 Å². The van der Waals surface area contributed by atoms with Crippen molar-refractivity contribution in [2.75, 3.05) is 13.6 Å². The van der Waals surface area contributed by atoms with Crippen LogP contribution in [0.4, 0.5) is 0 Å². The molecular formula is C14H15NO2S. The van der Waals surface area contributed by atoms with E-state index in [2.05, 4.69) is 6.07 Å². The molecule has 2 aromatic rings. The van der Waals surface area contributed by atoms with Crippen LogP contribution in [0.25, 0.3) is 0 Å². The lowest BCUT2D eigenvalue weighted by Gasteiger charge is -2.16. The Bertz CT molecular complexity index is 505. The van der Waals surface area contributed by atoms with E-state index in [1.54, 1.807) is 35.4 Å². The number of hydrogen-bond acceptors (Lipinski definition) is 3. The van der Waals surface area contributed by atoms with Crippen molar-refractivity contribution in [2.24, 2.45) is 0 Å². The van der Waals surface area contributed by atoms with Gasteiger partial charge >= 0.3 is 0 Å². The number of thiophene rings is 1. The molecule has 0 bridgehead atoms. The number of aromatic hydroxyl groups is 1. The number of rotatable bonds is 4. The van der Waals surface area contributed by atoms with Gasteiger partial charge in [0.15, 0.2) is 0 Å². The number of carbonyl (C=O) groups is 1. The Morgan fingerprint density at radius 2 is 2.00 bits per heavy atom. The molecule has 4 heteroatoms. The molecule has 2 rings (SSSR count). The van der Waals surface area contributed by atoms with Crippen molar-refractivity contribution >= 4 is 17.2 Å². The molecule has 0 saturated carbocycles. The van der Waals surface area contributed by atoms with Crippen LogP contribution in [-0.4, -0.2) is 29.5 Å². The fraction of sp³-hybridized carbons (Fsp3) is 0.214. The lowest BCUT2D eigenvalue weighted by molar-refractivity contribution is 0.0797. The lowest BCUT2D eigenvalue weighted by Crippen LogP contribution is -2.28. The summed E-state index contributed by atoms with van der Waals surface area (Å²) in [4.78, 5) is 15.0. The van der Waals surface area contributed by atoms with Crippen LogP contribution in [0.3, 0.4) is 0 Å². The van der Waals surface area contributed by atoms with E-state index >= 15 is 0 Å². The van der Waals surface area contributed by atoms with Gasteiger partial charge in [-0.05, 0) is 42.1 Å². The van der Waals surface area contributed by atoms with Crippen LogP contribution in [0.5, 0.6) is 5.75 Å². The summed E-state index contributed by atoms with van der Waals surface area (Å²) < 4.78 is 0. The van der Waals surface area contributed by atoms with E-state index in [1.807, 2.05) is 11.4 Å². The molecule has 0 radical (unpaired) electrons. The summed E-state index contributed by atoms with van der Waals surface area (Å²) in [6.07, 6.45) is 0.873. The Labute approximate surface area is 110 Å². The van der Waals surface area contributed by atoms with Crippen molar-refractivity contribution < 1.29 is 9.90 Å². The van der Waals surface area contributed by atoms with E-state index < -0.39 is 0 Å². The van der Waals surface area contributed by atoms with Gasteiger partial charge in [0, 0.05) is 24.0 Å². The monoisotopic (exact) mass is 261 g/mol. The minimum absolute atomic E-state index is 0.0217. The summed E-state index contributed by atoms with van der Waals surface area (Å²) in [6, 6.07) is 10.4. The van der Waals surface area contributed by atoms with E-state index in [0.29, 0.717) is 12.1 Å². The molecule has 0 saturated heterocycles.